The Hall–Kier alpha value is -2.24. The summed E-state index contributed by atoms with van der Waals surface area (Å²) in [5, 5.41) is 2.56. The monoisotopic (exact) mass is 254 g/mol. The summed E-state index contributed by atoms with van der Waals surface area (Å²) >= 11 is 0. The first-order chi connectivity index (χ1) is 8.49. The molecule has 0 heterocycles. The van der Waals surface area contributed by atoms with E-state index in [1.54, 1.807) is 6.92 Å². The lowest BCUT2D eigenvalue weighted by molar-refractivity contribution is 0.163. The lowest BCUT2D eigenvalue weighted by atomic mass is 10.2. The molecular formula is C12H18N2O4. The topological polar surface area (TPSA) is 90.7 Å². The van der Waals surface area contributed by atoms with Gasteiger partial charge in [-0.1, -0.05) is 17.7 Å². The molecule has 0 aliphatic rings. The second-order valence-electron chi connectivity index (χ2n) is 3.23. The third-order valence-corrected chi connectivity index (χ3v) is 1.77. The van der Waals surface area contributed by atoms with Crippen LogP contribution in [0.3, 0.4) is 0 Å². The van der Waals surface area contributed by atoms with E-state index in [2.05, 4.69) is 20.5 Å². The van der Waals surface area contributed by atoms with E-state index >= 15 is 0 Å². The number of rotatable bonds is 2. The molecule has 1 aromatic carbocycles. The third kappa shape index (κ3) is 7.98. The average molecular weight is 254 g/mol. The molecule has 0 saturated carbocycles. The molecule has 1 rings (SSSR count). The molecule has 3 N–H and O–H groups in total. The summed E-state index contributed by atoms with van der Waals surface area (Å²) in [7, 11) is 1.34. The van der Waals surface area contributed by atoms with Crippen LogP contribution in [0, 0.1) is 6.92 Å². The lowest BCUT2D eigenvalue weighted by Crippen LogP contribution is -2.11. The fraction of sp³-hybridized carbons (Fsp3) is 0.333. The van der Waals surface area contributed by atoms with Crippen LogP contribution in [0.1, 0.15) is 12.5 Å². The van der Waals surface area contributed by atoms with Crippen molar-refractivity contribution in [3.63, 3.8) is 0 Å². The number of hydrogen-bond acceptors (Lipinski definition) is 4. The van der Waals surface area contributed by atoms with Gasteiger partial charge in [-0.3, -0.25) is 5.32 Å². The van der Waals surface area contributed by atoms with E-state index in [1.165, 1.54) is 7.11 Å². The Bertz CT molecular complexity index is 376. The zero-order valence-electron chi connectivity index (χ0n) is 10.7. The van der Waals surface area contributed by atoms with E-state index in [1.807, 2.05) is 31.2 Å². The van der Waals surface area contributed by atoms with Gasteiger partial charge in [0.1, 0.15) is 0 Å². The van der Waals surface area contributed by atoms with Gasteiger partial charge in [0.05, 0.1) is 13.7 Å². The summed E-state index contributed by atoms with van der Waals surface area (Å²) < 4.78 is 8.61. The quantitative estimate of drug-likeness (QED) is 0.847. The Morgan fingerprint density at radius 3 is 2.17 bits per heavy atom. The molecular weight excluding hydrogens is 236 g/mol. The van der Waals surface area contributed by atoms with Crippen LogP contribution in [-0.2, 0) is 9.47 Å². The molecule has 0 saturated heterocycles. The minimum absolute atomic E-state index is 0.356. The maximum atomic E-state index is 10.7. The Kier molecular flexibility index (Phi) is 7.76. The number of nitrogens with one attached hydrogen (secondary N) is 1. The first-order valence-electron chi connectivity index (χ1n) is 5.33. The number of primary amides is 1. The lowest BCUT2D eigenvalue weighted by Gasteiger charge is -2.02. The predicted octanol–water partition coefficient (Wildman–Crippen LogP) is 2.27. The maximum Gasteiger partial charge on any atom is 0.411 e. The van der Waals surface area contributed by atoms with Crippen molar-refractivity contribution in [1.29, 1.82) is 0 Å². The Balaban J connectivity index is 0.000000411. The number of methoxy groups -OCH3 is 1. The average Bonchev–Trinajstić information content (AvgIpc) is 2.32. The summed E-state index contributed by atoms with van der Waals surface area (Å²) in [6.07, 6.45) is -1.16. The first-order valence-corrected chi connectivity index (χ1v) is 5.33. The van der Waals surface area contributed by atoms with Crippen molar-refractivity contribution in [3.05, 3.63) is 29.8 Å². The molecule has 0 aliphatic heterocycles. The molecule has 1 aromatic rings. The SMILES string of the molecule is CCOC(N)=O.COC(=O)Nc1ccc(C)cc1. The van der Waals surface area contributed by atoms with Crippen molar-refractivity contribution in [1.82, 2.24) is 0 Å². The molecule has 18 heavy (non-hydrogen) atoms. The van der Waals surface area contributed by atoms with Gasteiger partial charge in [-0.05, 0) is 26.0 Å². The highest BCUT2D eigenvalue weighted by Gasteiger charge is 1.98. The zero-order valence-corrected chi connectivity index (χ0v) is 10.7. The Labute approximate surface area is 106 Å². The summed E-state index contributed by atoms with van der Waals surface area (Å²) in [6, 6.07) is 7.50. The van der Waals surface area contributed by atoms with Crippen molar-refractivity contribution < 1.29 is 19.1 Å². The van der Waals surface area contributed by atoms with Crippen LogP contribution in [0.15, 0.2) is 24.3 Å². The number of carbonyl (C=O) groups is 2. The molecule has 0 bridgehead atoms. The van der Waals surface area contributed by atoms with Gasteiger partial charge in [0.2, 0.25) is 0 Å². The fourth-order valence-corrected chi connectivity index (χ4v) is 0.948. The van der Waals surface area contributed by atoms with Crippen LogP contribution in [0.4, 0.5) is 15.3 Å². The van der Waals surface area contributed by atoms with Crippen LogP contribution in [0.25, 0.3) is 0 Å². The molecule has 0 atom stereocenters. The third-order valence-electron chi connectivity index (χ3n) is 1.77. The summed E-state index contributed by atoms with van der Waals surface area (Å²) in [5.74, 6) is 0. The first kappa shape index (κ1) is 15.8. The molecule has 0 aliphatic carbocycles. The highest BCUT2D eigenvalue weighted by atomic mass is 16.5. The molecule has 0 unspecified atom stereocenters. The maximum absolute atomic E-state index is 10.7. The normalized spacial score (nSPS) is 8.61. The molecule has 0 radical (unpaired) electrons. The van der Waals surface area contributed by atoms with Crippen molar-refractivity contribution in [2.24, 2.45) is 5.73 Å². The number of carbonyl (C=O) groups excluding carboxylic acids is 2. The van der Waals surface area contributed by atoms with Gasteiger partial charge in [0.25, 0.3) is 0 Å². The van der Waals surface area contributed by atoms with E-state index < -0.39 is 12.2 Å². The van der Waals surface area contributed by atoms with Gasteiger partial charge in [-0.2, -0.15) is 0 Å². The van der Waals surface area contributed by atoms with Gasteiger partial charge in [0.15, 0.2) is 0 Å². The molecule has 0 aromatic heterocycles. The summed E-state index contributed by atoms with van der Waals surface area (Å²) in [6.45, 7) is 4.04. The number of anilines is 1. The minimum Gasteiger partial charge on any atom is -0.453 e. The highest BCUT2D eigenvalue weighted by molar-refractivity contribution is 5.84. The van der Waals surface area contributed by atoms with Gasteiger partial charge in [0, 0.05) is 5.69 Å². The Morgan fingerprint density at radius 2 is 1.83 bits per heavy atom. The number of amides is 2. The number of hydrogen-bond donors (Lipinski definition) is 2. The smallest absolute Gasteiger partial charge is 0.411 e. The molecule has 100 valence electrons. The molecule has 2 amide bonds. The number of aryl methyl sites for hydroxylation is 1. The van der Waals surface area contributed by atoms with Crippen molar-refractivity contribution in [2.45, 2.75) is 13.8 Å². The standard InChI is InChI=1S/C9H11NO2.C3H7NO2/c1-7-3-5-8(6-4-7)10-9(11)12-2;1-2-6-3(4)5/h3-6H,1-2H3,(H,10,11);2H2,1H3,(H2,4,5). The minimum atomic E-state index is -0.711. The van der Waals surface area contributed by atoms with Gasteiger partial charge in [-0.25, -0.2) is 9.59 Å². The Morgan fingerprint density at radius 1 is 1.28 bits per heavy atom. The number of nitrogens with two attached hydrogens (primary N) is 1. The summed E-state index contributed by atoms with van der Waals surface area (Å²) in [5.41, 5.74) is 6.44. The second-order valence-corrected chi connectivity index (χ2v) is 3.23. The van der Waals surface area contributed by atoms with Gasteiger partial charge in [-0.15, -0.1) is 0 Å². The molecule has 0 spiro atoms. The largest absolute Gasteiger partial charge is 0.453 e. The van der Waals surface area contributed by atoms with Gasteiger partial charge >= 0.3 is 12.2 Å². The highest BCUT2D eigenvalue weighted by Crippen LogP contribution is 2.08. The summed E-state index contributed by atoms with van der Waals surface area (Å²) in [4.78, 5) is 20.3. The fourth-order valence-electron chi connectivity index (χ4n) is 0.948. The molecule has 0 fully saturated rings. The van der Waals surface area contributed by atoms with Crippen LogP contribution in [-0.4, -0.2) is 25.9 Å². The van der Waals surface area contributed by atoms with Crippen LogP contribution < -0.4 is 11.1 Å². The predicted molar refractivity (Wildman–Crippen MR) is 68.4 cm³/mol. The van der Waals surface area contributed by atoms with Crippen molar-refractivity contribution >= 4 is 17.9 Å². The van der Waals surface area contributed by atoms with E-state index in [0.717, 1.165) is 11.3 Å². The molecule has 6 heteroatoms. The van der Waals surface area contributed by atoms with E-state index in [9.17, 15) is 9.59 Å². The molecule has 6 nitrogen and oxygen atoms in total. The van der Waals surface area contributed by atoms with Gasteiger partial charge < -0.3 is 15.2 Å². The van der Waals surface area contributed by atoms with E-state index in [0.29, 0.717) is 6.61 Å². The zero-order chi connectivity index (χ0) is 14.0. The van der Waals surface area contributed by atoms with Crippen LogP contribution in [0.2, 0.25) is 0 Å². The van der Waals surface area contributed by atoms with E-state index in [-0.39, 0.29) is 0 Å². The van der Waals surface area contributed by atoms with Crippen LogP contribution in [0.5, 0.6) is 0 Å². The van der Waals surface area contributed by atoms with Crippen molar-refractivity contribution in [3.8, 4) is 0 Å². The number of ether oxygens (including phenoxy) is 2. The van der Waals surface area contributed by atoms with Crippen LogP contribution >= 0.6 is 0 Å². The second kappa shape index (κ2) is 8.86. The van der Waals surface area contributed by atoms with Crippen molar-refractivity contribution in [2.75, 3.05) is 19.0 Å². The number of benzene rings is 1. The van der Waals surface area contributed by atoms with E-state index in [4.69, 9.17) is 0 Å².